The average molecular weight is 345 g/mol. The standard InChI is InChI=1S/C17H19N3O5/c1-2-20-15(22)12-6-5-10(8-13(12)18-17(20)25)14(21)19-7-3-4-11(9-19)16(23)24/h5-6,8,11H,2-4,7,9H2,1H3,(H,18,25)(H,23,24). The number of amides is 1. The molecule has 8 heteroatoms. The van der Waals surface area contributed by atoms with Crippen molar-refractivity contribution in [1.82, 2.24) is 14.5 Å². The minimum Gasteiger partial charge on any atom is -0.481 e. The number of aliphatic carboxylic acids is 1. The minimum atomic E-state index is -0.902. The summed E-state index contributed by atoms with van der Waals surface area (Å²) in [5.74, 6) is -1.76. The minimum absolute atomic E-state index is 0.167. The van der Waals surface area contributed by atoms with E-state index in [0.29, 0.717) is 35.9 Å². The second-order valence-electron chi connectivity index (χ2n) is 6.17. The molecule has 1 aromatic heterocycles. The van der Waals surface area contributed by atoms with Crippen LogP contribution in [0.3, 0.4) is 0 Å². The Labute approximate surface area is 142 Å². The van der Waals surface area contributed by atoms with E-state index in [1.165, 1.54) is 23.1 Å². The second-order valence-corrected chi connectivity index (χ2v) is 6.17. The largest absolute Gasteiger partial charge is 0.481 e. The molecule has 1 unspecified atom stereocenters. The third-order valence-corrected chi connectivity index (χ3v) is 4.60. The normalized spacial score (nSPS) is 17.6. The first-order valence-electron chi connectivity index (χ1n) is 8.21. The fourth-order valence-corrected chi connectivity index (χ4v) is 3.22. The van der Waals surface area contributed by atoms with Gasteiger partial charge in [0.05, 0.1) is 16.8 Å². The summed E-state index contributed by atoms with van der Waals surface area (Å²) in [6.45, 7) is 2.62. The number of rotatable bonds is 3. The molecule has 25 heavy (non-hydrogen) atoms. The van der Waals surface area contributed by atoms with Gasteiger partial charge in [0.15, 0.2) is 0 Å². The van der Waals surface area contributed by atoms with Gasteiger partial charge >= 0.3 is 11.7 Å². The molecule has 1 amide bonds. The van der Waals surface area contributed by atoms with Crippen molar-refractivity contribution in [2.45, 2.75) is 26.3 Å². The van der Waals surface area contributed by atoms with E-state index in [-0.39, 0.29) is 19.0 Å². The van der Waals surface area contributed by atoms with Crippen LogP contribution >= 0.6 is 0 Å². The maximum Gasteiger partial charge on any atom is 0.328 e. The van der Waals surface area contributed by atoms with Gasteiger partial charge in [-0.3, -0.25) is 19.0 Å². The van der Waals surface area contributed by atoms with Gasteiger partial charge in [0.2, 0.25) is 0 Å². The molecule has 1 aromatic carbocycles. The van der Waals surface area contributed by atoms with Crippen LogP contribution in [0.4, 0.5) is 0 Å². The molecule has 2 N–H and O–H groups in total. The smallest absolute Gasteiger partial charge is 0.328 e. The summed E-state index contributed by atoms with van der Waals surface area (Å²) in [7, 11) is 0. The molecule has 1 aliphatic heterocycles. The average Bonchev–Trinajstić information content (AvgIpc) is 2.61. The molecule has 1 aliphatic rings. The Bertz CT molecular complexity index is 959. The first-order chi connectivity index (χ1) is 11.9. The van der Waals surface area contributed by atoms with Crippen molar-refractivity contribution >= 4 is 22.8 Å². The lowest BCUT2D eigenvalue weighted by molar-refractivity contribution is -0.143. The zero-order valence-corrected chi connectivity index (χ0v) is 13.8. The topological polar surface area (TPSA) is 112 Å². The van der Waals surface area contributed by atoms with Crippen molar-refractivity contribution < 1.29 is 14.7 Å². The maximum absolute atomic E-state index is 12.7. The molecule has 8 nitrogen and oxygen atoms in total. The van der Waals surface area contributed by atoms with Crippen molar-refractivity contribution in [1.29, 1.82) is 0 Å². The highest BCUT2D eigenvalue weighted by molar-refractivity contribution is 5.97. The van der Waals surface area contributed by atoms with Crippen LogP contribution in [-0.4, -0.2) is 44.5 Å². The number of aromatic amines is 1. The summed E-state index contributed by atoms with van der Waals surface area (Å²) in [4.78, 5) is 52.1. The Hall–Kier alpha value is -2.90. The molecule has 0 bridgehead atoms. The molecule has 0 saturated carbocycles. The third kappa shape index (κ3) is 3.07. The number of H-pyrrole nitrogens is 1. The quantitative estimate of drug-likeness (QED) is 0.848. The van der Waals surface area contributed by atoms with Crippen LogP contribution in [0.15, 0.2) is 27.8 Å². The number of aromatic nitrogens is 2. The molecular formula is C17H19N3O5. The Kier molecular flexibility index (Phi) is 4.43. The van der Waals surface area contributed by atoms with E-state index in [2.05, 4.69) is 4.98 Å². The van der Waals surface area contributed by atoms with Gasteiger partial charge in [-0.15, -0.1) is 0 Å². The third-order valence-electron chi connectivity index (χ3n) is 4.60. The molecular weight excluding hydrogens is 326 g/mol. The van der Waals surface area contributed by atoms with Gasteiger partial charge < -0.3 is 15.0 Å². The van der Waals surface area contributed by atoms with Crippen LogP contribution in [-0.2, 0) is 11.3 Å². The molecule has 0 aliphatic carbocycles. The van der Waals surface area contributed by atoms with Gasteiger partial charge in [0.25, 0.3) is 11.5 Å². The molecule has 3 rings (SSSR count). The van der Waals surface area contributed by atoms with Gasteiger partial charge in [-0.1, -0.05) is 0 Å². The highest BCUT2D eigenvalue weighted by Gasteiger charge is 2.28. The lowest BCUT2D eigenvalue weighted by Gasteiger charge is -2.30. The molecule has 0 spiro atoms. The lowest BCUT2D eigenvalue weighted by Crippen LogP contribution is -2.42. The summed E-state index contributed by atoms with van der Waals surface area (Å²) in [6.07, 6.45) is 1.19. The summed E-state index contributed by atoms with van der Waals surface area (Å²) < 4.78 is 1.09. The summed E-state index contributed by atoms with van der Waals surface area (Å²) in [5, 5.41) is 9.48. The van der Waals surface area contributed by atoms with Gasteiger partial charge in [0.1, 0.15) is 0 Å². The molecule has 1 saturated heterocycles. The fourth-order valence-electron chi connectivity index (χ4n) is 3.22. The maximum atomic E-state index is 12.7. The van der Waals surface area contributed by atoms with Crippen LogP contribution in [0.5, 0.6) is 0 Å². The highest BCUT2D eigenvalue weighted by atomic mass is 16.4. The first kappa shape index (κ1) is 16.9. The van der Waals surface area contributed by atoms with Crippen molar-refractivity contribution in [2.24, 2.45) is 5.92 Å². The SMILES string of the molecule is CCn1c(=O)[nH]c2cc(C(=O)N3CCCC(C(=O)O)C3)ccc2c1=O. The van der Waals surface area contributed by atoms with Crippen LogP contribution in [0, 0.1) is 5.92 Å². The Morgan fingerprint density at radius 1 is 1.32 bits per heavy atom. The van der Waals surface area contributed by atoms with Crippen molar-refractivity contribution in [3.8, 4) is 0 Å². The monoisotopic (exact) mass is 345 g/mol. The number of carboxylic acid groups (broad SMARTS) is 1. The number of carbonyl (C=O) groups excluding carboxylic acids is 1. The number of piperidine rings is 1. The molecule has 2 heterocycles. The number of likely N-dealkylation sites (tertiary alicyclic amines) is 1. The molecule has 2 aromatic rings. The number of carbonyl (C=O) groups is 2. The van der Waals surface area contributed by atoms with E-state index >= 15 is 0 Å². The number of hydrogen-bond donors (Lipinski definition) is 2. The Morgan fingerprint density at radius 2 is 2.08 bits per heavy atom. The fraction of sp³-hybridized carbons (Fsp3) is 0.412. The second kappa shape index (κ2) is 6.54. The van der Waals surface area contributed by atoms with E-state index in [0.717, 1.165) is 4.57 Å². The number of fused-ring (bicyclic) bond motifs is 1. The van der Waals surface area contributed by atoms with E-state index in [1.807, 2.05) is 0 Å². The predicted molar refractivity (Wildman–Crippen MR) is 90.8 cm³/mol. The van der Waals surface area contributed by atoms with Crippen LogP contribution < -0.4 is 11.2 Å². The predicted octanol–water partition coefficient (Wildman–Crippen LogP) is 0.646. The Morgan fingerprint density at radius 3 is 2.76 bits per heavy atom. The van der Waals surface area contributed by atoms with Gasteiger partial charge in [-0.25, -0.2) is 4.79 Å². The lowest BCUT2D eigenvalue weighted by atomic mass is 9.97. The van der Waals surface area contributed by atoms with E-state index in [9.17, 15) is 19.2 Å². The van der Waals surface area contributed by atoms with E-state index in [1.54, 1.807) is 6.92 Å². The van der Waals surface area contributed by atoms with Gasteiger partial charge in [-0.2, -0.15) is 0 Å². The van der Waals surface area contributed by atoms with Crippen molar-refractivity contribution in [3.05, 3.63) is 44.6 Å². The summed E-state index contributed by atoms with van der Waals surface area (Å²) in [6, 6.07) is 4.53. The molecule has 1 atom stereocenters. The molecule has 0 radical (unpaired) electrons. The van der Waals surface area contributed by atoms with E-state index in [4.69, 9.17) is 5.11 Å². The number of benzene rings is 1. The highest BCUT2D eigenvalue weighted by Crippen LogP contribution is 2.20. The van der Waals surface area contributed by atoms with Gasteiger partial charge in [0, 0.05) is 25.2 Å². The van der Waals surface area contributed by atoms with Crippen LogP contribution in [0.25, 0.3) is 10.9 Å². The van der Waals surface area contributed by atoms with Crippen LogP contribution in [0.1, 0.15) is 30.1 Å². The van der Waals surface area contributed by atoms with Crippen molar-refractivity contribution in [3.63, 3.8) is 0 Å². The molecule has 132 valence electrons. The number of nitrogens with zero attached hydrogens (tertiary/aromatic N) is 2. The zero-order valence-electron chi connectivity index (χ0n) is 13.8. The first-order valence-corrected chi connectivity index (χ1v) is 8.21. The summed E-state index contributed by atoms with van der Waals surface area (Å²) >= 11 is 0. The van der Waals surface area contributed by atoms with E-state index < -0.39 is 23.1 Å². The van der Waals surface area contributed by atoms with Crippen LogP contribution in [0.2, 0.25) is 0 Å². The zero-order chi connectivity index (χ0) is 18.1. The number of nitrogens with one attached hydrogen (secondary N) is 1. The Balaban J connectivity index is 1.96. The van der Waals surface area contributed by atoms with Gasteiger partial charge in [-0.05, 0) is 38.0 Å². The molecule has 1 fully saturated rings. The van der Waals surface area contributed by atoms with Crippen molar-refractivity contribution in [2.75, 3.05) is 13.1 Å². The number of carboxylic acids is 1. The summed E-state index contributed by atoms with van der Waals surface area (Å²) in [5.41, 5.74) is -0.294. The number of hydrogen-bond acceptors (Lipinski definition) is 4.